The van der Waals surface area contributed by atoms with Gasteiger partial charge in [0, 0.05) is 18.8 Å². The Labute approximate surface area is 108 Å². The summed E-state index contributed by atoms with van der Waals surface area (Å²) in [6, 6.07) is 1.96. The molecule has 0 bridgehead atoms. The summed E-state index contributed by atoms with van der Waals surface area (Å²) in [5.74, 6) is 1.48. The van der Waals surface area contributed by atoms with Crippen LogP contribution in [0.1, 0.15) is 11.3 Å². The molecule has 0 aliphatic heterocycles. The summed E-state index contributed by atoms with van der Waals surface area (Å²) in [5.41, 5.74) is 8.48. The van der Waals surface area contributed by atoms with E-state index in [4.69, 9.17) is 5.73 Å². The Bertz CT molecular complexity index is 542. The van der Waals surface area contributed by atoms with E-state index in [2.05, 4.69) is 31.3 Å². The Morgan fingerprint density at radius 1 is 1.41 bits per heavy atom. The van der Waals surface area contributed by atoms with Crippen LogP contribution < -0.4 is 11.1 Å². The zero-order chi connectivity index (χ0) is 12.6. The van der Waals surface area contributed by atoms with Crippen LogP contribution in [0.25, 0.3) is 0 Å². The van der Waals surface area contributed by atoms with E-state index in [9.17, 15) is 0 Å². The number of aromatic nitrogens is 3. The highest BCUT2D eigenvalue weighted by atomic mass is 79.9. The van der Waals surface area contributed by atoms with Crippen molar-refractivity contribution in [3.05, 3.63) is 28.0 Å². The fourth-order valence-corrected chi connectivity index (χ4v) is 1.85. The van der Waals surface area contributed by atoms with Crippen molar-refractivity contribution in [1.29, 1.82) is 0 Å². The second-order valence-electron chi connectivity index (χ2n) is 3.92. The van der Waals surface area contributed by atoms with Gasteiger partial charge in [0.25, 0.3) is 0 Å². The number of nitrogens with zero attached hydrogens (tertiary/aromatic N) is 3. The van der Waals surface area contributed by atoms with Crippen molar-refractivity contribution in [2.75, 3.05) is 11.1 Å². The van der Waals surface area contributed by atoms with Gasteiger partial charge in [-0.15, -0.1) is 0 Å². The average Bonchev–Trinajstić information content (AvgIpc) is 2.59. The topological polar surface area (TPSA) is 68.8 Å². The highest BCUT2D eigenvalue weighted by Crippen LogP contribution is 2.29. The number of halogens is 1. The van der Waals surface area contributed by atoms with Crippen LogP contribution in [0.2, 0.25) is 0 Å². The van der Waals surface area contributed by atoms with E-state index in [1.165, 1.54) is 0 Å². The molecule has 6 heteroatoms. The van der Waals surface area contributed by atoms with Crippen LogP contribution >= 0.6 is 15.9 Å². The molecule has 0 saturated heterocycles. The Morgan fingerprint density at radius 3 is 2.71 bits per heavy atom. The number of nitrogens with one attached hydrogen (secondary N) is 1. The minimum atomic E-state index is 0.666. The molecule has 0 aliphatic rings. The van der Waals surface area contributed by atoms with Gasteiger partial charge < -0.3 is 11.1 Å². The van der Waals surface area contributed by atoms with Gasteiger partial charge in [-0.25, -0.2) is 4.98 Å². The monoisotopic (exact) mass is 295 g/mol. The van der Waals surface area contributed by atoms with Crippen molar-refractivity contribution in [2.24, 2.45) is 7.05 Å². The van der Waals surface area contributed by atoms with Gasteiger partial charge in [0.15, 0.2) is 5.82 Å². The molecule has 0 saturated carbocycles. The first-order chi connectivity index (χ1) is 7.99. The number of anilines is 3. The lowest BCUT2D eigenvalue weighted by atomic mass is 10.2. The van der Waals surface area contributed by atoms with Gasteiger partial charge in [-0.2, -0.15) is 5.10 Å². The average molecular weight is 296 g/mol. The van der Waals surface area contributed by atoms with Crippen molar-refractivity contribution < 1.29 is 0 Å². The van der Waals surface area contributed by atoms with Gasteiger partial charge >= 0.3 is 0 Å². The van der Waals surface area contributed by atoms with Crippen molar-refractivity contribution in [2.45, 2.75) is 13.8 Å². The molecule has 17 heavy (non-hydrogen) atoms. The summed E-state index contributed by atoms with van der Waals surface area (Å²) in [6.07, 6.45) is 1.64. The SMILES string of the molecule is Cc1c(N)cnc(Nc2cc(C)n(C)n2)c1Br. The van der Waals surface area contributed by atoms with Crippen molar-refractivity contribution in [3.63, 3.8) is 0 Å². The fraction of sp³-hybridized carbons (Fsp3) is 0.273. The van der Waals surface area contributed by atoms with Gasteiger partial charge in [0.1, 0.15) is 5.82 Å². The number of nitrogens with two attached hydrogens (primary N) is 1. The van der Waals surface area contributed by atoms with Gasteiger partial charge in [0.05, 0.1) is 16.4 Å². The van der Waals surface area contributed by atoms with Gasteiger partial charge in [-0.3, -0.25) is 4.68 Å². The summed E-state index contributed by atoms with van der Waals surface area (Å²) >= 11 is 3.47. The maximum Gasteiger partial charge on any atom is 0.153 e. The summed E-state index contributed by atoms with van der Waals surface area (Å²) < 4.78 is 2.67. The molecule has 2 rings (SSSR count). The molecule has 2 aromatic heterocycles. The van der Waals surface area contributed by atoms with Crippen LogP contribution in [0.5, 0.6) is 0 Å². The van der Waals surface area contributed by atoms with Gasteiger partial charge in [-0.05, 0) is 35.3 Å². The second kappa shape index (κ2) is 4.37. The van der Waals surface area contributed by atoms with E-state index >= 15 is 0 Å². The molecule has 0 aromatic carbocycles. The first kappa shape index (κ1) is 11.9. The molecule has 2 aromatic rings. The molecule has 0 fully saturated rings. The van der Waals surface area contributed by atoms with E-state index in [0.29, 0.717) is 5.69 Å². The first-order valence-corrected chi connectivity index (χ1v) is 5.96. The van der Waals surface area contributed by atoms with Crippen molar-refractivity contribution >= 4 is 33.3 Å². The normalized spacial score (nSPS) is 10.6. The standard InChI is InChI=1S/C11H14BrN5/c1-6-4-9(16-17(6)3)15-11-10(12)7(2)8(13)5-14-11/h4-5H,13H2,1-3H3,(H,14,15,16). The maximum absolute atomic E-state index is 5.77. The van der Waals surface area contributed by atoms with E-state index in [0.717, 1.165) is 27.4 Å². The molecule has 0 amide bonds. The number of nitrogen functional groups attached to an aromatic ring is 1. The van der Waals surface area contributed by atoms with E-state index in [-0.39, 0.29) is 0 Å². The summed E-state index contributed by atoms with van der Waals surface area (Å²) in [7, 11) is 1.90. The number of hydrogen-bond acceptors (Lipinski definition) is 4. The molecule has 0 unspecified atom stereocenters. The predicted octanol–water partition coefficient (Wildman–Crippen LogP) is 2.52. The highest BCUT2D eigenvalue weighted by Gasteiger charge is 2.09. The van der Waals surface area contributed by atoms with Crippen LogP contribution in [0.3, 0.4) is 0 Å². The molecule has 0 atom stereocenters. The minimum Gasteiger partial charge on any atom is -0.397 e. The Morgan fingerprint density at radius 2 is 2.12 bits per heavy atom. The maximum atomic E-state index is 5.77. The summed E-state index contributed by atoms with van der Waals surface area (Å²) in [6.45, 7) is 3.94. The third kappa shape index (κ3) is 2.26. The van der Waals surface area contributed by atoms with Crippen LogP contribution in [-0.4, -0.2) is 14.8 Å². The number of aryl methyl sites for hydroxylation is 2. The Kier molecular flexibility index (Phi) is 3.06. The zero-order valence-corrected chi connectivity index (χ0v) is 11.5. The van der Waals surface area contributed by atoms with Crippen molar-refractivity contribution in [3.8, 4) is 0 Å². The largest absolute Gasteiger partial charge is 0.397 e. The first-order valence-electron chi connectivity index (χ1n) is 5.17. The van der Waals surface area contributed by atoms with E-state index in [1.54, 1.807) is 10.9 Å². The Hall–Kier alpha value is -1.56. The summed E-state index contributed by atoms with van der Waals surface area (Å²) in [5, 5.41) is 7.47. The quantitative estimate of drug-likeness (QED) is 0.893. The molecule has 5 nitrogen and oxygen atoms in total. The van der Waals surface area contributed by atoms with Crippen molar-refractivity contribution in [1.82, 2.24) is 14.8 Å². The predicted molar refractivity (Wildman–Crippen MR) is 72.3 cm³/mol. The molecule has 3 N–H and O–H groups in total. The smallest absolute Gasteiger partial charge is 0.153 e. The second-order valence-corrected chi connectivity index (χ2v) is 4.71. The Balaban J connectivity index is 2.33. The van der Waals surface area contributed by atoms with Crippen LogP contribution in [0, 0.1) is 13.8 Å². The fourth-order valence-electron chi connectivity index (χ4n) is 1.42. The van der Waals surface area contributed by atoms with Crippen LogP contribution in [-0.2, 0) is 7.05 Å². The minimum absolute atomic E-state index is 0.666. The lowest BCUT2D eigenvalue weighted by Crippen LogP contribution is -2.00. The zero-order valence-electron chi connectivity index (χ0n) is 9.95. The molecule has 0 aliphatic carbocycles. The number of pyridine rings is 1. The molecule has 0 spiro atoms. The highest BCUT2D eigenvalue weighted by molar-refractivity contribution is 9.10. The molecular weight excluding hydrogens is 282 g/mol. The lowest BCUT2D eigenvalue weighted by Gasteiger charge is -2.08. The summed E-state index contributed by atoms with van der Waals surface area (Å²) in [4.78, 5) is 4.24. The molecular formula is C11H14BrN5. The molecule has 90 valence electrons. The lowest BCUT2D eigenvalue weighted by molar-refractivity contribution is 0.743. The molecule has 0 radical (unpaired) electrons. The van der Waals surface area contributed by atoms with E-state index in [1.807, 2.05) is 27.0 Å². The van der Waals surface area contributed by atoms with Crippen LogP contribution in [0.4, 0.5) is 17.3 Å². The van der Waals surface area contributed by atoms with Gasteiger partial charge in [-0.1, -0.05) is 0 Å². The number of rotatable bonds is 2. The number of hydrogen-bond donors (Lipinski definition) is 2. The third-order valence-electron chi connectivity index (χ3n) is 2.66. The van der Waals surface area contributed by atoms with E-state index < -0.39 is 0 Å². The molecule has 2 heterocycles. The van der Waals surface area contributed by atoms with Crippen LogP contribution in [0.15, 0.2) is 16.7 Å². The third-order valence-corrected chi connectivity index (χ3v) is 3.63. The van der Waals surface area contributed by atoms with Gasteiger partial charge in [0.2, 0.25) is 0 Å².